The van der Waals surface area contributed by atoms with Crippen LogP contribution in [-0.4, -0.2) is 19.2 Å². The monoisotopic (exact) mass is 372 g/mol. The molecule has 1 heterocycles. The van der Waals surface area contributed by atoms with Crippen LogP contribution in [0.25, 0.3) is 0 Å². The molecule has 0 fully saturated rings. The van der Waals surface area contributed by atoms with Crippen LogP contribution in [-0.2, 0) is 6.18 Å². The molecule has 25 heavy (non-hydrogen) atoms. The lowest BCUT2D eigenvalue weighted by molar-refractivity contribution is -0.137. The van der Waals surface area contributed by atoms with Crippen LogP contribution in [0.5, 0.6) is 11.5 Å². The van der Waals surface area contributed by atoms with Crippen LogP contribution in [0, 0.1) is 0 Å². The van der Waals surface area contributed by atoms with Gasteiger partial charge in [-0.15, -0.1) is 0 Å². The van der Waals surface area contributed by atoms with Crippen molar-refractivity contribution in [1.82, 2.24) is 0 Å². The highest BCUT2D eigenvalue weighted by molar-refractivity contribution is 6.33. The fourth-order valence-electron chi connectivity index (χ4n) is 2.20. The summed E-state index contributed by atoms with van der Waals surface area (Å²) >= 11 is 5.84. The van der Waals surface area contributed by atoms with E-state index in [9.17, 15) is 18.0 Å². The molecule has 9 heteroatoms. The molecular formula is C16H12ClF3N2O3. The minimum Gasteiger partial charge on any atom is -0.486 e. The molecule has 2 aromatic carbocycles. The van der Waals surface area contributed by atoms with Crippen molar-refractivity contribution in [2.75, 3.05) is 23.8 Å². The molecule has 132 valence electrons. The summed E-state index contributed by atoms with van der Waals surface area (Å²) in [7, 11) is 0. The predicted octanol–water partition coefficient (Wildman–Crippen LogP) is 4.77. The number of benzene rings is 2. The molecule has 0 saturated heterocycles. The zero-order valence-electron chi connectivity index (χ0n) is 12.6. The van der Waals surface area contributed by atoms with Gasteiger partial charge in [-0.1, -0.05) is 11.6 Å². The molecule has 0 spiro atoms. The third kappa shape index (κ3) is 4.08. The van der Waals surface area contributed by atoms with Crippen LogP contribution >= 0.6 is 11.6 Å². The standard InChI is InChI=1S/C16H12ClF3N2O3/c17-11-3-1-9(16(18,19)20)7-12(11)22-15(23)21-10-2-4-13-14(8-10)25-6-5-24-13/h1-4,7-8H,5-6H2,(H2,21,22,23). The lowest BCUT2D eigenvalue weighted by Crippen LogP contribution is -2.21. The van der Waals surface area contributed by atoms with Crippen LogP contribution in [0.3, 0.4) is 0 Å². The number of urea groups is 1. The summed E-state index contributed by atoms with van der Waals surface area (Å²) in [6.07, 6.45) is -4.53. The van der Waals surface area contributed by atoms with Crippen molar-refractivity contribution in [2.45, 2.75) is 6.18 Å². The van der Waals surface area contributed by atoms with Gasteiger partial charge in [0.05, 0.1) is 16.3 Å². The number of amides is 2. The Morgan fingerprint density at radius 3 is 2.44 bits per heavy atom. The quantitative estimate of drug-likeness (QED) is 0.798. The highest BCUT2D eigenvalue weighted by atomic mass is 35.5. The van der Waals surface area contributed by atoms with Crippen LogP contribution in [0.2, 0.25) is 5.02 Å². The fourth-order valence-corrected chi connectivity index (χ4v) is 2.37. The van der Waals surface area contributed by atoms with Crippen LogP contribution < -0.4 is 20.1 Å². The first-order valence-corrected chi connectivity index (χ1v) is 7.55. The Bertz CT molecular complexity index is 812. The first-order chi connectivity index (χ1) is 11.8. The first kappa shape index (κ1) is 17.2. The maximum Gasteiger partial charge on any atom is 0.416 e. The number of alkyl halides is 3. The van der Waals surface area contributed by atoms with Gasteiger partial charge in [-0.25, -0.2) is 4.79 Å². The second-order valence-electron chi connectivity index (χ2n) is 5.13. The molecule has 2 amide bonds. The average molecular weight is 373 g/mol. The van der Waals surface area contributed by atoms with Crippen molar-refractivity contribution >= 4 is 29.0 Å². The summed E-state index contributed by atoms with van der Waals surface area (Å²) in [5, 5.41) is 4.79. The smallest absolute Gasteiger partial charge is 0.416 e. The van der Waals surface area contributed by atoms with E-state index in [0.717, 1.165) is 18.2 Å². The fraction of sp³-hybridized carbons (Fsp3) is 0.188. The molecule has 3 rings (SSSR count). The van der Waals surface area contributed by atoms with E-state index >= 15 is 0 Å². The zero-order valence-corrected chi connectivity index (χ0v) is 13.4. The topological polar surface area (TPSA) is 59.6 Å². The minimum atomic E-state index is -4.53. The molecule has 2 aromatic rings. The van der Waals surface area contributed by atoms with Gasteiger partial charge in [0.25, 0.3) is 0 Å². The number of carbonyl (C=O) groups excluding carboxylic acids is 1. The van der Waals surface area contributed by atoms with Gasteiger partial charge >= 0.3 is 12.2 Å². The van der Waals surface area contributed by atoms with E-state index in [-0.39, 0.29) is 10.7 Å². The van der Waals surface area contributed by atoms with Gasteiger partial charge in [-0.2, -0.15) is 13.2 Å². The van der Waals surface area contributed by atoms with E-state index in [2.05, 4.69) is 10.6 Å². The van der Waals surface area contributed by atoms with Crippen LogP contribution in [0.4, 0.5) is 29.3 Å². The number of hydrogen-bond donors (Lipinski definition) is 2. The molecule has 5 nitrogen and oxygen atoms in total. The zero-order chi connectivity index (χ0) is 18.0. The van der Waals surface area contributed by atoms with Crippen molar-refractivity contribution in [2.24, 2.45) is 0 Å². The largest absolute Gasteiger partial charge is 0.486 e. The maximum absolute atomic E-state index is 12.7. The van der Waals surface area contributed by atoms with Gasteiger partial charge in [0.15, 0.2) is 11.5 Å². The summed E-state index contributed by atoms with van der Waals surface area (Å²) < 4.78 is 49.0. The molecule has 1 aliphatic rings. The number of halogens is 4. The third-order valence-electron chi connectivity index (χ3n) is 3.34. The first-order valence-electron chi connectivity index (χ1n) is 7.17. The van der Waals surface area contributed by atoms with E-state index in [4.69, 9.17) is 21.1 Å². The van der Waals surface area contributed by atoms with Gasteiger partial charge in [0, 0.05) is 11.8 Å². The molecule has 0 radical (unpaired) electrons. The molecule has 0 bridgehead atoms. The summed E-state index contributed by atoms with van der Waals surface area (Å²) in [5.41, 5.74) is -0.664. The molecule has 1 aliphatic heterocycles. The van der Waals surface area contributed by atoms with Gasteiger partial charge in [0.1, 0.15) is 13.2 Å². The Morgan fingerprint density at radius 1 is 1.00 bits per heavy atom. The molecular weight excluding hydrogens is 361 g/mol. The van der Waals surface area contributed by atoms with E-state index in [1.807, 2.05) is 0 Å². The maximum atomic E-state index is 12.7. The Kier molecular flexibility index (Phi) is 4.63. The molecule has 0 aromatic heterocycles. The van der Waals surface area contributed by atoms with Gasteiger partial charge in [-0.05, 0) is 30.3 Å². The number of hydrogen-bond acceptors (Lipinski definition) is 3. The van der Waals surface area contributed by atoms with Crippen molar-refractivity contribution in [3.05, 3.63) is 47.0 Å². The Labute approximate surface area is 145 Å². The van der Waals surface area contributed by atoms with Crippen molar-refractivity contribution in [3.63, 3.8) is 0 Å². The van der Waals surface area contributed by atoms with E-state index in [1.54, 1.807) is 18.2 Å². The van der Waals surface area contributed by atoms with Crippen LogP contribution in [0.1, 0.15) is 5.56 Å². The molecule has 0 saturated carbocycles. The normalized spacial score (nSPS) is 13.3. The van der Waals surface area contributed by atoms with Gasteiger partial charge < -0.3 is 20.1 Å². The van der Waals surface area contributed by atoms with E-state index < -0.39 is 17.8 Å². The van der Waals surface area contributed by atoms with Crippen molar-refractivity contribution < 1.29 is 27.4 Å². The SMILES string of the molecule is O=C(Nc1ccc2c(c1)OCCO2)Nc1cc(C(F)(F)F)ccc1Cl. The molecule has 2 N–H and O–H groups in total. The highest BCUT2D eigenvalue weighted by Gasteiger charge is 2.31. The minimum absolute atomic E-state index is 0.00896. The average Bonchev–Trinajstić information content (AvgIpc) is 2.55. The lowest BCUT2D eigenvalue weighted by Gasteiger charge is -2.19. The Hall–Kier alpha value is -2.61. The van der Waals surface area contributed by atoms with Gasteiger partial charge in [-0.3, -0.25) is 0 Å². The number of ether oxygens (including phenoxy) is 2. The summed E-state index contributed by atoms with van der Waals surface area (Å²) in [4.78, 5) is 12.0. The van der Waals surface area contributed by atoms with E-state index in [1.165, 1.54) is 0 Å². The van der Waals surface area contributed by atoms with E-state index in [0.29, 0.717) is 30.4 Å². The highest BCUT2D eigenvalue weighted by Crippen LogP contribution is 2.34. The number of fused-ring (bicyclic) bond motifs is 1. The third-order valence-corrected chi connectivity index (χ3v) is 3.67. The van der Waals surface area contributed by atoms with Crippen LogP contribution in [0.15, 0.2) is 36.4 Å². The molecule has 0 aliphatic carbocycles. The van der Waals surface area contributed by atoms with Crippen molar-refractivity contribution in [1.29, 1.82) is 0 Å². The van der Waals surface area contributed by atoms with Gasteiger partial charge in [0.2, 0.25) is 0 Å². The number of nitrogens with one attached hydrogen (secondary N) is 2. The number of anilines is 2. The summed E-state index contributed by atoms with van der Waals surface area (Å²) in [6.45, 7) is 0.830. The second-order valence-corrected chi connectivity index (χ2v) is 5.54. The number of carbonyl (C=O) groups is 1. The molecule has 0 unspecified atom stereocenters. The summed E-state index contributed by atoms with van der Waals surface area (Å²) in [6, 6.07) is 6.71. The molecule has 0 atom stereocenters. The summed E-state index contributed by atoms with van der Waals surface area (Å²) in [5.74, 6) is 1.03. The Morgan fingerprint density at radius 2 is 1.72 bits per heavy atom. The lowest BCUT2D eigenvalue weighted by atomic mass is 10.2. The Balaban J connectivity index is 1.73. The van der Waals surface area contributed by atoms with Crippen molar-refractivity contribution in [3.8, 4) is 11.5 Å². The second kappa shape index (κ2) is 6.72. The number of rotatable bonds is 2. The predicted molar refractivity (Wildman–Crippen MR) is 86.5 cm³/mol.